The molecule has 7 heteroatoms. The van der Waals surface area contributed by atoms with Crippen molar-refractivity contribution in [2.45, 2.75) is 13.5 Å². The molecule has 0 fully saturated rings. The third-order valence-electron chi connectivity index (χ3n) is 2.44. The number of hydrogen-bond donors (Lipinski definition) is 2. The molecule has 0 atom stereocenters. The van der Waals surface area contributed by atoms with Crippen LogP contribution in [0.3, 0.4) is 0 Å². The van der Waals surface area contributed by atoms with E-state index in [1.54, 1.807) is 24.3 Å². The van der Waals surface area contributed by atoms with Crippen LogP contribution in [0.1, 0.15) is 12.7 Å². The van der Waals surface area contributed by atoms with Gasteiger partial charge in [-0.05, 0) is 19.1 Å². The van der Waals surface area contributed by atoms with Gasteiger partial charge in [0.05, 0.1) is 15.7 Å². The quantitative estimate of drug-likeness (QED) is 0.881. The van der Waals surface area contributed by atoms with Crippen LogP contribution in [-0.4, -0.2) is 16.6 Å². The summed E-state index contributed by atoms with van der Waals surface area (Å²) >= 11 is 12.1. The Bertz CT molecular complexity index is 607. The molecular formula is C13H14Cl2N4O. The maximum atomic E-state index is 6.11. The first-order valence-electron chi connectivity index (χ1n) is 6.02. The molecule has 2 rings (SSSR count). The molecule has 0 saturated heterocycles. The SMILES string of the molecule is CCOCc1nc(N)cc(Nc2cccc(Cl)c2Cl)n1. The van der Waals surface area contributed by atoms with E-state index in [-0.39, 0.29) is 0 Å². The predicted octanol–water partition coefficient (Wildman–Crippen LogP) is 3.65. The van der Waals surface area contributed by atoms with Crippen molar-refractivity contribution < 1.29 is 4.74 Å². The molecule has 0 saturated carbocycles. The Hall–Kier alpha value is -1.56. The number of hydrogen-bond acceptors (Lipinski definition) is 5. The van der Waals surface area contributed by atoms with E-state index in [4.69, 9.17) is 33.7 Å². The Labute approximate surface area is 127 Å². The highest BCUT2D eigenvalue weighted by Gasteiger charge is 2.07. The molecule has 1 heterocycles. The number of halogens is 2. The minimum absolute atomic E-state index is 0.305. The lowest BCUT2D eigenvalue weighted by atomic mass is 10.3. The van der Waals surface area contributed by atoms with Crippen LogP contribution in [0.25, 0.3) is 0 Å². The number of aromatic nitrogens is 2. The number of ether oxygens (including phenoxy) is 1. The molecule has 0 aliphatic rings. The van der Waals surface area contributed by atoms with Gasteiger partial charge in [-0.3, -0.25) is 0 Å². The molecule has 0 amide bonds. The lowest BCUT2D eigenvalue weighted by Gasteiger charge is -2.10. The third-order valence-corrected chi connectivity index (χ3v) is 3.26. The molecular weight excluding hydrogens is 299 g/mol. The van der Waals surface area contributed by atoms with E-state index in [9.17, 15) is 0 Å². The van der Waals surface area contributed by atoms with Crippen molar-refractivity contribution in [1.29, 1.82) is 0 Å². The lowest BCUT2D eigenvalue weighted by molar-refractivity contribution is 0.128. The van der Waals surface area contributed by atoms with Crippen molar-refractivity contribution in [3.63, 3.8) is 0 Å². The highest BCUT2D eigenvalue weighted by Crippen LogP contribution is 2.31. The predicted molar refractivity (Wildman–Crippen MR) is 81.5 cm³/mol. The van der Waals surface area contributed by atoms with Crippen LogP contribution >= 0.6 is 23.2 Å². The Morgan fingerprint density at radius 2 is 2.10 bits per heavy atom. The van der Waals surface area contributed by atoms with E-state index in [0.29, 0.717) is 46.4 Å². The van der Waals surface area contributed by atoms with Crippen molar-refractivity contribution in [1.82, 2.24) is 9.97 Å². The first-order chi connectivity index (χ1) is 9.60. The molecule has 3 N–H and O–H groups in total. The van der Waals surface area contributed by atoms with E-state index < -0.39 is 0 Å². The van der Waals surface area contributed by atoms with Crippen molar-refractivity contribution in [2.75, 3.05) is 17.7 Å². The molecule has 0 unspecified atom stereocenters. The normalized spacial score (nSPS) is 10.6. The van der Waals surface area contributed by atoms with Gasteiger partial charge in [0, 0.05) is 12.7 Å². The minimum Gasteiger partial charge on any atom is -0.384 e. The average Bonchev–Trinajstić information content (AvgIpc) is 2.41. The molecule has 0 bridgehead atoms. The summed E-state index contributed by atoms with van der Waals surface area (Å²) in [5.41, 5.74) is 6.40. The zero-order valence-corrected chi connectivity index (χ0v) is 12.4. The van der Waals surface area contributed by atoms with Crippen molar-refractivity contribution >= 4 is 40.5 Å². The number of nitrogen functional groups attached to an aromatic ring is 1. The maximum absolute atomic E-state index is 6.11. The van der Waals surface area contributed by atoms with Crippen LogP contribution < -0.4 is 11.1 Å². The van der Waals surface area contributed by atoms with Crippen molar-refractivity contribution in [2.24, 2.45) is 0 Å². The zero-order valence-electron chi connectivity index (χ0n) is 10.9. The van der Waals surface area contributed by atoms with E-state index in [1.165, 1.54) is 0 Å². The number of benzene rings is 1. The standard InChI is InChI=1S/C13H14Cl2N4O/c1-2-20-7-12-18-10(16)6-11(19-12)17-9-5-3-4-8(14)13(9)15/h3-6H,2,7H2,1H3,(H3,16,17,18,19). The summed E-state index contributed by atoms with van der Waals surface area (Å²) in [7, 11) is 0. The molecule has 0 aliphatic heterocycles. The average molecular weight is 313 g/mol. The number of nitrogens with zero attached hydrogens (tertiary/aromatic N) is 2. The number of nitrogens with one attached hydrogen (secondary N) is 1. The van der Waals surface area contributed by atoms with Gasteiger partial charge >= 0.3 is 0 Å². The summed E-state index contributed by atoms with van der Waals surface area (Å²) < 4.78 is 5.27. The first kappa shape index (κ1) is 14.8. The summed E-state index contributed by atoms with van der Waals surface area (Å²) in [4.78, 5) is 8.40. The van der Waals surface area contributed by atoms with Gasteiger partial charge in [0.1, 0.15) is 18.2 Å². The van der Waals surface area contributed by atoms with Crippen LogP contribution in [0.5, 0.6) is 0 Å². The zero-order chi connectivity index (χ0) is 14.5. The highest BCUT2D eigenvalue weighted by molar-refractivity contribution is 6.43. The highest BCUT2D eigenvalue weighted by atomic mass is 35.5. The van der Waals surface area contributed by atoms with E-state index in [0.717, 1.165) is 0 Å². The molecule has 2 aromatic rings. The first-order valence-corrected chi connectivity index (χ1v) is 6.78. The molecule has 5 nitrogen and oxygen atoms in total. The van der Waals surface area contributed by atoms with Gasteiger partial charge in [0.25, 0.3) is 0 Å². The Morgan fingerprint density at radius 1 is 1.30 bits per heavy atom. The fourth-order valence-electron chi connectivity index (χ4n) is 1.58. The molecule has 1 aromatic heterocycles. The number of rotatable bonds is 5. The molecule has 0 spiro atoms. The van der Waals surface area contributed by atoms with Gasteiger partial charge in [-0.2, -0.15) is 0 Å². The van der Waals surface area contributed by atoms with Gasteiger partial charge in [0.2, 0.25) is 0 Å². The molecule has 20 heavy (non-hydrogen) atoms. The third kappa shape index (κ3) is 3.72. The fraction of sp³-hybridized carbons (Fsp3) is 0.231. The van der Waals surface area contributed by atoms with Gasteiger partial charge < -0.3 is 15.8 Å². The minimum atomic E-state index is 0.305. The topological polar surface area (TPSA) is 73.1 Å². The Morgan fingerprint density at radius 3 is 2.85 bits per heavy atom. The summed E-state index contributed by atoms with van der Waals surface area (Å²) in [6, 6.07) is 6.92. The fourth-order valence-corrected chi connectivity index (χ4v) is 1.93. The van der Waals surface area contributed by atoms with Gasteiger partial charge in [-0.1, -0.05) is 29.3 Å². The van der Waals surface area contributed by atoms with E-state index in [2.05, 4.69) is 15.3 Å². The maximum Gasteiger partial charge on any atom is 0.158 e. The largest absolute Gasteiger partial charge is 0.384 e. The molecule has 1 aromatic carbocycles. The number of nitrogens with two attached hydrogens (primary N) is 1. The summed E-state index contributed by atoms with van der Waals surface area (Å²) in [5, 5.41) is 3.96. The summed E-state index contributed by atoms with van der Waals surface area (Å²) in [6.07, 6.45) is 0. The van der Waals surface area contributed by atoms with Crippen molar-refractivity contribution in [3.8, 4) is 0 Å². The van der Waals surface area contributed by atoms with Gasteiger partial charge in [0.15, 0.2) is 5.82 Å². The second kappa shape index (κ2) is 6.74. The van der Waals surface area contributed by atoms with Gasteiger partial charge in [-0.25, -0.2) is 9.97 Å². The van der Waals surface area contributed by atoms with Crippen LogP contribution in [0.4, 0.5) is 17.3 Å². The summed E-state index contributed by atoms with van der Waals surface area (Å²) in [6.45, 7) is 2.79. The number of anilines is 3. The van der Waals surface area contributed by atoms with Crippen LogP contribution in [0, 0.1) is 0 Å². The smallest absolute Gasteiger partial charge is 0.158 e. The Kier molecular flexibility index (Phi) is 5.00. The van der Waals surface area contributed by atoms with Crippen LogP contribution in [0.15, 0.2) is 24.3 Å². The van der Waals surface area contributed by atoms with E-state index >= 15 is 0 Å². The van der Waals surface area contributed by atoms with Gasteiger partial charge in [-0.15, -0.1) is 0 Å². The van der Waals surface area contributed by atoms with Crippen molar-refractivity contribution in [3.05, 3.63) is 40.1 Å². The van der Waals surface area contributed by atoms with Crippen LogP contribution in [0.2, 0.25) is 10.0 Å². The lowest BCUT2D eigenvalue weighted by Crippen LogP contribution is -2.05. The van der Waals surface area contributed by atoms with Crippen LogP contribution in [-0.2, 0) is 11.3 Å². The summed E-state index contributed by atoms with van der Waals surface area (Å²) in [5.74, 6) is 1.40. The molecule has 0 radical (unpaired) electrons. The molecule has 0 aliphatic carbocycles. The van der Waals surface area contributed by atoms with E-state index in [1.807, 2.05) is 6.92 Å². The molecule has 106 valence electrons. The Balaban J connectivity index is 2.24. The second-order valence-electron chi connectivity index (χ2n) is 3.96. The monoisotopic (exact) mass is 312 g/mol. The second-order valence-corrected chi connectivity index (χ2v) is 4.74.